The zero-order valence-corrected chi connectivity index (χ0v) is 12.9. The number of hydrogen-bond acceptors (Lipinski definition) is 3. The van der Waals surface area contributed by atoms with Gasteiger partial charge in [0.1, 0.15) is 16.5 Å². The molecule has 22 heavy (non-hydrogen) atoms. The Bertz CT molecular complexity index is 856. The first-order valence-electron chi connectivity index (χ1n) is 5.69. The van der Waals surface area contributed by atoms with Crippen LogP contribution in [0.25, 0.3) is 0 Å². The molecule has 1 N–H and O–H groups in total. The Kier molecular flexibility index (Phi) is 4.69. The Balaban J connectivity index is 2.34. The highest BCUT2D eigenvalue weighted by molar-refractivity contribution is 8.13. The van der Waals surface area contributed by atoms with E-state index in [1.165, 1.54) is 6.07 Å². The average Bonchev–Trinajstić information content (AvgIpc) is 2.41. The van der Waals surface area contributed by atoms with Crippen LogP contribution in [0, 0.1) is 11.6 Å². The standard InChI is InChI=1S/C13H7Cl2F2NO3S/c14-9-6-8(16)2-4-11(9)18-13(19)7-1-3-10(17)12(5-7)22(15,20)21/h1-6H,(H,18,19). The maximum atomic E-state index is 13.4. The van der Waals surface area contributed by atoms with Crippen LogP contribution in [0.2, 0.25) is 5.02 Å². The Morgan fingerprint density at radius 2 is 1.77 bits per heavy atom. The number of amides is 1. The molecule has 1 amide bonds. The van der Waals surface area contributed by atoms with Crippen LogP contribution in [-0.2, 0) is 9.05 Å². The third kappa shape index (κ3) is 3.73. The molecule has 0 aromatic heterocycles. The number of carbonyl (C=O) groups is 1. The maximum Gasteiger partial charge on any atom is 0.264 e. The van der Waals surface area contributed by atoms with Crippen LogP contribution in [0.1, 0.15) is 10.4 Å². The summed E-state index contributed by atoms with van der Waals surface area (Å²) in [5.41, 5.74) is -0.0336. The molecule has 0 saturated carbocycles. The zero-order chi connectivity index (χ0) is 16.5. The second-order valence-electron chi connectivity index (χ2n) is 4.16. The van der Waals surface area contributed by atoms with Crippen LogP contribution >= 0.6 is 22.3 Å². The largest absolute Gasteiger partial charge is 0.321 e. The molecule has 2 aromatic rings. The summed E-state index contributed by atoms with van der Waals surface area (Å²) in [6.07, 6.45) is 0. The van der Waals surface area contributed by atoms with Crippen molar-refractivity contribution in [2.24, 2.45) is 0 Å². The van der Waals surface area contributed by atoms with Crippen LogP contribution in [0.5, 0.6) is 0 Å². The second kappa shape index (κ2) is 6.20. The minimum absolute atomic E-state index is 0.0411. The summed E-state index contributed by atoms with van der Waals surface area (Å²) in [5.74, 6) is -2.42. The molecule has 0 radical (unpaired) electrons. The molecule has 0 aliphatic carbocycles. The Morgan fingerprint density at radius 3 is 2.36 bits per heavy atom. The zero-order valence-electron chi connectivity index (χ0n) is 10.6. The van der Waals surface area contributed by atoms with Gasteiger partial charge in [0.15, 0.2) is 0 Å². The molecule has 0 fully saturated rings. The van der Waals surface area contributed by atoms with Gasteiger partial charge in [0.05, 0.1) is 10.7 Å². The predicted molar refractivity (Wildman–Crippen MR) is 78.8 cm³/mol. The van der Waals surface area contributed by atoms with Crippen molar-refractivity contribution in [2.45, 2.75) is 4.90 Å². The minimum Gasteiger partial charge on any atom is -0.321 e. The van der Waals surface area contributed by atoms with Crippen molar-refractivity contribution in [2.75, 3.05) is 5.32 Å². The molecule has 0 unspecified atom stereocenters. The first kappa shape index (κ1) is 16.7. The van der Waals surface area contributed by atoms with Crippen molar-refractivity contribution < 1.29 is 22.0 Å². The van der Waals surface area contributed by atoms with Crippen LogP contribution in [0.4, 0.5) is 14.5 Å². The van der Waals surface area contributed by atoms with Gasteiger partial charge < -0.3 is 5.32 Å². The van der Waals surface area contributed by atoms with Crippen molar-refractivity contribution in [1.82, 2.24) is 0 Å². The third-order valence-electron chi connectivity index (χ3n) is 2.64. The third-order valence-corrected chi connectivity index (χ3v) is 4.29. The number of halogens is 4. The fourth-order valence-electron chi connectivity index (χ4n) is 1.62. The summed E-state index contributed by atoms with van der Waals surface area (Å²) in [6.45, 7) is 0. The number of nitrogens with one attached hydrogen (secondary N) is 1. The van der Waals surface area contributed by atoms with Gasteiger partial charge in [-0.05, 0) is 36.4 Å². The van der Waals surface area contributed by atoms with E-state index in [2.05, 4.69) is 5.32 Å². The predicted octanol–water partition coefficient (Wildman–Crippen LogP) is 3.80. The SMILES string of the molecule is O=C(Nc1ccc(F)cc1Cl)c1ccc(F)c(S(=O)(=O)Cl)c1. The molecule has 0 saturated heterocycles. The Hall–Kier alpha value is -1.70. The van der Waals surface area contributed by atoms with Gasteiger partial charge in [-0.15, -0.1) is 0 Å². The van der Waals surface area contributed by atoms with Gasteiger partial charge in [-0.3, -0.25) is 4.79 Å². The Morgan fingerprint density at radius 1 is 1.09 bits per heavy atom. The number of hydrogen-bond donors (Lipinski definition) is 1. The maximum absolute atomic E-state index is 13.4. The molecule has 0 heterocycles. The summed E-state index contributed by atoms with van der Waals surface area (Å²) in [7, 11) is 0.746. The minimum atomic E-state index is -4.33. The van der Waals surface area contributed by atoms with Crippen molar-refractivity contribution in [1.29, 1.82) is 0 Å². The van der Waals surface area contributed by atoms with Crippen LogP contribution in [0.3, 0.4) is 0 Å². The normalized spacial score (nSPS) is 11.3. The molecule has 0 atom stereocenters. The summed E-state index contributed by atoms with van der Waals surface area (Å²) in [6, 6.07) is 5.99. The lowest BCUT2D eigenvalue weighted by atomic mass is 10.2. The van der Waals surface area contributed by atoms with Gasteiger partial charge in [0.2, 0.25) is 0 Å². The van der Waals surface area contributed by atoms with Gasteiger partial charge in [-0.1, -0.05) is 11.6 Å². The monoisotopic (exact) mass is 365 g/mol. The van der Waals surface area contributed by atoms with Crippen molar-refractivity contribution >= 4 is 42.9 Å². The van der Waals surface area contributed by atoms with E-state index >= 15 is 0 Å². The molecule has 2 aromatic carbocycles. The molecule has 2 rings (SSSR count). The van der Waals surface area contributed by atoms with Crippen molar-refractivity contribution in [3.8, 4) is 0 Å². The molecular formula is C13H7Cl2F2NO3S. The van der Waals surface area contributed by atoms with Gasteiger partial charge in [0.25, 0.3) is 15.0 Å². The van der Waals surface area contributed by atoms with E-state index in [4.69, 9.17) is 22.3 Å². The molecule has 116 valence electrons. The summed E-state index contributed by atoms with van der Waals surface area (Å²) in [5, 5.41) is 2.31. The van der Waals surface area contributed by atoms with Crippen LogP contribution < -0.4 is 5.32 Å². The molecule has 0 bridgehead atoms. The molecule has 0 aliphatic rings. The number of carbonyl (C=O) groups excluding carboxylic acids is 1. The van der Waals surface area contributed by atoms with E-state index in [1.807, 2.05) is 0 Å². The van der Waals surface area contributed by atoms with Gasteiger partial charge in [-0.25, -0.2) is 17.2 Å². The van der Waals surface area contributed by atoms with E-state index < -0.39 is 31.5 Å². The molecule has 0 spiro atoms. The second-order valence-corrected chi connectivity index (χ2v) is 7.10. The lowest BCUT2D eigenvalue weighted by Crippen LogP contribution is -2.13. The van der Waals surface area contributed by atoms with Gasteiger partial charge in [0, 0.05) is 16.2 Å². The topological polar surface area (TPSA) is 63.2 Å². The summed E-state index contributed by atoms with van der Waals surface area (Å²) in [4.78, 5) is 11.2. The van der Waals surface area contributed by atoms with E-state index in [9.17, 15) is 22.0 Å². The fourth-order valence-corrected chi connectivity index (χ4v) is 2.75. The molecule has 0 aliphatic heterocycles. The number of benzene rings is 2. The van der Waals surface area contributed by atoms with E-state index in [-0.39, 0.29) is 16.3 Å². The van der Waals surface area contributed by atoms with Crippen molar-refractivity contribution in [3.63, 3.8) is 0 Å². The average molecular weight is 366 g/mol. The van der Waals surface area contributed by atoms with E-state index in [1.54, 1.807) is 0 Å². The highest BCUT2D eigenvalue weighted by Gasteiger charge is 2.19. The smallest absolute Gasteiger partial charge is 0.264 e. The quantitative estimate of drug-likeness (QED) is 0.841. The van der Waals surface area contributed by atoms with E-state index in [0.717, 1.165) is 30.3 Å². The molecular weight excluding hydrogens is 359 g/mol. The van der Waals surface area contributed by atoms with Crippen LogP contribution in [0.15, 0.2) is 41.3 Å². The summed E-state index contributed by atoms with van der Waals surface area (Å²) < 4.78 is 48.7. The number of anilines is 1. The van der Waals surface area contributed by atoms with Crippen LogP contribution in [-0.4, -0.2) is 14.3 Å². The summed E-state index contributed by atoms with van der Waals surface area (Å²) >= 11 is 5.76. The first-order chi connectivity index (χ1) is 10.2. The van der Waals surface area contributed by atoms with Gasteiger partial charge >= 0.3 is 0 Å². The highest BCUT2D eigenvalue weighted by Crippen LogP contribution is 2.24. The van der Waals surface area contributed by atoms with E-state index in [0.29, 0.717) is 0 Å². The fraction of sp³-hybridized carbons (Fsp3) is 0. The Labute approximate surface area is 134 Å². The lowest BCUT2D eigenvalue weighted by Gasteiger charge is -2.08. The molecule has 4 nitrogen and oxygen atoms in total. The van der Waals surface area contributed by atoms with Gasteiger partial charge in [-0.2, -0.15) is 0 Å². The lowest BCUT2D eigenvalue weighted by molar-refractivity contribution is 0.102. The first-order valence-corrected chi connectivity index (χ1v) is 8.38. The molecule has 9 heteroatoms. The highest BCUT2D eigenvalue weighted by atomic mass is 35.7. The number of rotatable bonds is 3. The van der Waals surface area contributed by atoms with Crippen molar-refractivity contribution in [3.05, 3.63) is 58.6 Å².